The molecule has 2 aromatic rings. The number of aryl methyl sites for hydroxylation is 1. The molecule has 0 spiro atoms. The van der Waals surface area contributed by atoms with Crippen LogP contribution in [0.3, 0.4) is 0 Å². The normalized spacial score (nSPS) is 10.3. The van der Waals surface area contributed by atoms with Crippen molar-refractivity contribution in [3.8, 4) is 0 Å². The lowest BCUT2D eigenvalue weighted by atomic mass is 10.2. The number of halogens is 1. The molecule has 0 atom stereocenters. The van der Waals surface area contributed by atoms with Crippen LogP contribution in [-0.4, -0.2) is 17.4 Å². The third kappa shape index (κ3) is 2.91. The molecular weight excluding hydrogens is 274 g/mol. The number of hydrogen-bond acceptors (Lipinski definition) is 3. The van der Waals surface area contributed by atoms with Crippen LogP contribution in [-0.2, 0) is 0 Å². The first-order valence-electron chi connectivity index (χ1n) is 6.32. The van der Waals surface area contributed by atoms with Crippen LogP contribution in [0.2, 0.25) is 5.02 Å². The van der Waals surface area contributed by atoms with E-state index in [0.717, 1.165) is 11.3 Å². The zero-order valence-corrected chi connectivity index (χ0v) is 12.2. The second-order valence-electron chi connectivity index (χ2n) is 4.48. The van der Waals surface area contributed by atoms with Crippen LogP contribution in [0.1, 0.15) is 22.8 Å². The van der Waals surface area contributed by atoms with Gasteiger partial charge in [-0.1, -0.05) is 29.3 Å². The minimum atomic E-state index is -0.147. The van der Waals surface area contributed by atoms with E-state index in [-0.39, 0.29) is 16.7 Å². The number of benzene rings is 1. The average molecular weight is 290 g/mol. The Kier molecular flexibility index (Phi) is 4.25. The summed E-state index contributed by atoms with van der Waals surface area (Å²) in [4.78, 5) is 18.1. The lowest BCUT2D eigenvalue weighted by molar-refractivity contribution is 0.0988. The Hall–Kier alpha value is -2.07. The first-order valence-corrected chi connectivity index (χ1v) is 6.70. The van der Waals surface area contributed by atoms with Crippen LogP contribution in [0, 0.1) is 6.92 Å². The molecule has 0 aliphatic rings. The van der Waals surface area contributed by atoms with Crippen molar-refractivity contribution in [2.45, 2.75) is 13.8 Å². The van der Waals surface area contributed by atoms with E-state index in [9.17, 15) is 4.79 Å². The van der Waals surface area contributed by atoms with Crippen molar-refractivity contribution in [1.82, 2.24) is 4.98 Å². The zero-order valence-electron chi connectivity index (χ0n) is 11.4. The minimum absolute atomic E-state index is 0.147. The number of carbonyl (C=O) groups excluding carboxylic acids is 1. The number of nitrogens with two attached hydrogens (primary N) is 1. The number of pyridine rings is 1. The van der Waals surface area contributed by atoms with E-state index in [4.69, 9.17) is 17.3 Å². The third-order valence-electron chi connectivity index (χ3n) is 3.02. The first-order chi connectivity index (χ1) is 9.52. The molecular formula is C15H16ClN3O. The zero-order chi connectivity index (χ0) is 14.7. The molecule has 0 fully saturated rings. The van der Waals surface area contributed by atoms with Crippen molar-refractivity contribution in [2.75, 3.05) is 17.2 Å². The molecule has 5 heteroatoms. The molecule has 20 heavy (non-hydrogen) atoms. The number of anilines is 2. The van der Waals surface area contributed by atoms with Gasteiger partial charge in [-0.15, -0.1) is 0 Å². The smallest absolute Gasteiger partial charge is 0.259 e. The van der Waals surface area contributed by atoms with Gasteiger partial charge < -0.3 is 10.6 Å². The van der Waals surface area contributed by atoms with Gasteiger partial charge in [0.2, 0.25) is 0 Å². The Morgan fingerprint density at radius 3 is 2.55 bits per heavy atom. The molecule has 2 N–H and O–H groups in total. The summed E-state index contributed by atoms with van der Waals surface area (Å²) in [5.41, 5.74) is 7.97. The molecule has 0 unspecified atom stereocenters. The fourth-order valence-electron chi connectivity index (χ4n) is 1.89. The van der Waals surface area contributed by atoms with E-state index in [1.807, 2.05) is 38.1 Å². The van der Waals surface area contributed by atoms with Gasteiger partial charge >= 0.3 is 0 Å². The van der Waals surface area contributed by atoms with Gasteiger partial charge in [0.1, 0.15) is 5.82 Å². The second-order valence-corrected chi connectivity index (χ2v) is 4.88. The molecule has 0 saturated heterocycles. The molecule has 104 valence electrons. The van der Waals surface area contributed by atoms with E-state index < -0.39 is 0 Å². The van der Waals surface area contributed by atoms with Gasteiger partial charge in [0.05, 0.1) is 10.6 Å². The highest BCUT2D eigenvalue weighted by Gasteiger charge is 2.17. The average Bonchev–Trinajstić information content (AvgIpc) is 2.44. The number of rotatable bonds is 3. The quantitative estimate of drug-likeness (QED) is 0.943. The standard InChI is InChI=1S/C15H16ClN3O/c1-3-19(12-6-4-10(2)5-7-12)15(20)11-8-13(16)14(17)18-9-11/h4-9H,3H2,1-2H3,(H2,17,18). The highest BCUT2D eigenvalue weighted by Crippen LogP contribution is 2.21. The summed E-state index contributed by atoms with van der Waals surface area (Å²) in [6, 6.07) is 9.33. The molecule has 0 saturated carbocycles. The largest absolute Gasteiger partial charge is 0.382 e. The van der Waals surface area contributed by atoms with Crippen LogP contribution in [0.25, 0.3) is 0 Å². The van der Waals surface area contributed by atoms with Crippen molar-refractivity contribution in [1.29, 1.82) is 0 Å². The Bertz CT molecular complexity index is 626. The molecule has 1 heterocycles. The summed E-state index contributed by atoms with van der Waals surface area (Å²) in [6.45, 7) is 4.49. The van der Waals surface area contributed by atoms with E-state index in [1.165, 1.54) is 6.20 Å². The summed E-state index contributed by atoms with van der Waals surface area (Å²) < 4.78 is 0. The Labute approximate surface area is 123 Å². The van der Waals surface area contributed by atoms with Crippen molar-refractivity contribution in [3.63, 3.8) is 0 Å². The van der Waals surface area contributed by atoms with Crippen LogP contribution < -0.4 is 10.6 Å². The molecule has 1 amide bonds. The SMILES string of the molecule is CCN(C(=O)c1cnc(N)c(Cl)c1)c1ccc(C)cc1. The van der Waals surface area contributed by atoms with Crippen LogP contribution in [0.4, 0.5) is 11.5 Å². The summed E-state index contributed by atoms with van der Waals surface area (Å²) in [5.74, 6) is 0.0763. The van der Waals surface area contributed by atoms with Gasteiger partial charge in [0.15, 0.2) is 0 Å². The maximum absolute atomic E-state index is 12.5. The summed E-state index contributed by atoms with van der Waals surface area (Å²) >= 11 is 5.91. The number of nitrogen functional groups attached to an aromatic ring is 1. The van der Waals surface area contributed by atoms with E-state index in [2.05, 4.69) is 4.98 Å². The summed E-state index contributed by atoms with van der Waals surface area (Å²) in [7, 11) is 0. The number of hydrogen-bond donors (Lipinski definition) is 1. The number of carbonyl (C=O) groups is 1. The molecule has 1 aromatic carbocycles. The Morgan fingerprint density at radius 1 is 1.35 bits per heavy atom. The van der Waals surface area contributed by atoms with Crippen LogP contribution >= 0.6 is 11.6 Å². The predicted octanol–water partition coefficient (Wildman–Crippen LogP) is 3.29. The summed E-state index contributed by atoms with van der Waals surface area (Å²) in [6.07, 6.45) is 1.44. The maximum atomic E-state index is 12.5. The van der Waals surface area contributed by atoms with Gasteiger partial charge in [0.25, 0.3) is 5.91 Å². The highest BCUT2D eigenvalue weighted by atomic mass is 35.5. The van der Waals surface area contributed by atoms with Crippen LogP contribution in [0.15, 0.2) is 36.5 Å². The van der Waals surface area contributed by atoms with E-state index >= 15 is 0 Å². The van der Waals surface area contributed by atoms with Gasteiger partial charge in [-0.3, -0.25) is 4.79 Å². The monoisotopic (exact) mass is 289 g/mol. The van der Waals surface area contributed by atoms with Crippen molar-refractivity contribution in [3.05, 3.63) is 52.7 Å². The van der Waals surface area contributed by atoms with Crippen molar-refractivity contribution in [2.24, 2.45) is 0 Å². The van der Waals surface area contributed by atoms with Gasteiger partial charge in [0, 0.05) is 18.4 Å². The Balaban J connectivity index is 2.33. The van der Waals surface area contributed by atoms with Gasteiger partial charge in [-0.2, -0.15) is 0 Å². The summed E-state index contributed by atoms with van der Waals surface area (Å²) in [5, 5.41) is 0.288. The molecule has 0 aliphatic carbocycles. The maximum Gasteiger partial charge on any atom is 0.259 e. The molecule has 0 aliphatic heterocycles. The fraction of sp³-hybridized carbons (Fsp3) is 0.200. The molecule has 1 aromatic heterocycles. The number of nitrogens with zero attached hydrogens (tertiary/aromatic N) is 2. The first kappa shape index (κ1) is 14.3. The third-order valence-corrected chi connectivity index (χ3v) is 3.33. The number of aromatic nitrogens is 1. The Morgan fingerprint density at radius 2 is 2.00 bits per heavy atom. The van der Waals surface area contributed by atoms with E-state index in [0.29, 0.717) is 12.1 Å². The lowest BCUT2D eigenvalue weighted by Crippen LogP contribution is -2.30. The van der Waals surface area contributed by atoms with E-state index in [1.54, 1.807) is 11.0 Å². The van der Waals surface area contributed by atoms with Gasteiger partial charge in [-0.25, -0.2) is 4.98 Å². The van der Waals surface area contributed by atoms with Crippen LogP contribution in [0.5, 0.6) is 0 Å². The molecule has 0 bridgehead atoms. The topological polar surface area (TPSA) is 59.2 Å². The molecule has 0 radical (unpaired) electrons. The fourth-order valence-corrected chi connectivity index (χ4v) is 2.06. The molecule has 4 nitrogen and oxygen atoms in total. The van der Waals surface area contributed by atoms with Crippen molar-refractivity contribution >= 4 is 29.0 Å². The lowest BCUT2D eigenvalue weighted by Gasteiger charge is -2.21. The second kappa shape index (κ2) is 5.92. The molecule has 2 rings (SSSR count). The highest BCUT2D eigenvalue weighted by molar-refractivity contribution is 6.33. The minimum Gasteiger partial charge on any atom is -0.382 e. The number of amides is 1. The predicted molar refractivity (Wildman–Crippen MR) is 82.2 cm³/mol. The van der Waals surface area contributed by atoms with Crippen molar-refractivity contribution < 1.29 is 4.79 Å². The van der Waals surface area contributed by atoms with Gasteiger partial charge in [-0.05, 0) is 32.0 Å².